The fraction of sp³-hybridized carbons (Fsp3) is 0. The van der Waals surface area contributed by atoms with Gasteiger partial charge in [-0.1, -0.05) is 0 Å². The molecular weight excluding hydrogens is 4690 g/mol. The van der Waals surface area contributed by atoms with Crippen molar-refractivity contribution >= 4 is 244 Å². The Hall–Kier alpha value is 40.6. The molecule has 0 N–H and O–H groups in total. The van der Waals surface area contributed by atoms with Gasteiger partial charge in [-0.25, -0.2) is 0 Å². The van der Waals surface area contributed by atoms with Crippen molar-refractivity contribution in [2.24, 2.45) is 0 Å². The van der Waals surface area contributed by atoms with Crippen LogP contribution in [0.2, 0.25) is 0 Å². The Bertz CT molecular complexity index is 25.8. The minimum atomic E-state index is 0. The van der Waals surface area contributed by atoms with E-state index in [4.69, 9.17) is 0 Å². The van der Waals surface area contributed by atoms with Gasteiger partial charge in [0.2, 0.25) is 0 Å². The van der Waals surface area contributed by atoms with Crippen LogP contribution in [0.4, 0.5) is 0 Å². The Labute approximate surface area is 1280 Å². The molecule has 68 heavy (non-hydrogen) atoms. The molecule has 0 aromatic rings. The van der Waals surface area contributed by atoms with Gasteiger partial charge in [0.25, 0.3) is 0 Å². The fourth-order valence-electron chi connectivity index (χ4n) is 0. The van der Waals surface area contributed by atoms with E-state index < -0.39 is 0 Å². The maximum atomic E-state index is 0. The third-order valence-corrected chi connectivity index (χ3v) is 0. The average molecular weight is 4700 g/mol. The van der Waals surface area contributed by atoms with Gasteiger partial charge in [-0.15, -0.1) is 0 Å². The topological polar surface area (TPSA) is 0 Å². The molecule has 0 rings (SSSR count). The van der Waals surface area contributed by atoms with E-state index in [9.17, 15) is 0 Å². The van der Waals surface area contributed by atoms with E-state index in [1.54, 1.807) is 0 Å². The van der Waals surface area contributed by atoms with E-state index in [0.29, 0.717) is 0 Å². The molecule has 0 saturated carbocycles. The molecule has 0 heterocycles. The SMILES string of the molecule is [BaH2].[BaH2].[BaH2].[BaH2].[BaH2].[Cu].[Cu].[Cu].[Cu].[Cu].[Cu].[Cu].[Cu].[Cu].[Cu].[Cu].[Cu].[Cu].[Cu].[Cu].[Cu].[Cu].[Cu].[Cu].[Cu].[Cu].[Cu].[Cu].[Cu].[Cu].[Cu].[Cu].[Cu].[Cu].[Cu].[Cu].[Cu].[Cu].[Cu].[Cu].[Cu].[Cu].[Cu].[Cu].[Cu].[Cu].[Cu].[Cu].[Cu].[Cu].[Cu].[Cu].[Cu].[Cu].[Cu].[Cu].[Cu].[Cu].[Cu].[Cu].[Cu].[Cu].[Cu].[Cu].[Cu].[Cu].[Cu].[Cu]. The molecule has 713 valence electrons. The third kappa shape index (κ3) is 721. The first-order valence-corrected chi connectivity index (χ1v) is 0. The maximum Gasteiger partial charge on any atom is 0 e. The molecular formula is H10Ba5Cu63. The van der Waals surface area contributed by atoms with Crippen molar-refractivity contribution in [3.05, 3.63) is 0 Å². The van der Waals surface area contributed by atoms with Crippen LogP contribution in [-0.2, 0) is 1080 Å². The summed E-state index contributed by atoms with van der Waals surface area (Å²) in [5.41, 5.74) is 0. The minimum absolute atomic E-state index is 0. The zero-order chi connectivity index (χ0) is 0. The van der Waals surface area contributed by atoms with Crippen molar-refractivity contribution in [2.45, 2.75) is 0 Å². The minimum Gasteiger partial charge on any atom is 0 e. The van der Waals surface area contributed by atoms with Crippen molar-refractivity contribution in [1.29, 1.82) is 0 Å². The van der Waals surface area contributed by atoms with Gasteiger partial charge in [0.1, 0.15) is 0 Å². The van der Waals surface area contributed by atoms with Crippen LogP contribution in [0.3, 0.4) is 0 Å². The quantitative estimate of drug-likeness (QED) is 0.215. The van der Waals surface area contributed by atoms with Gasteiger partial charge in [0.05, 0.1) is 0 Å². The molecule has 63 radical (unpaired) electrons. The first-order valence-electron chi connectivity index (χ1n) is 0. The average Bonchev–Trinajstić information content (AvgIpc) is 0. The molecule has 68 heteroatoms. The van der Waals surface area contributed by atoms with Crippen molar-refractivity contribution < 1.29 is 1080 Å². The van der Waals surface area contributed by atoms with Gasteiger partial charge < -0.3 is 0 Å². The zero-order valence-electron chi connectivity index (χ0n) is 19.0. The standard InChI is InChI=1S/5Ba.63Cu.10H. The van der Waals surface area contributed by atoms with E-state index in [-0.39, 0.29) is 1320 Å². The smallest absolute Gasteiger partial charge is 0 e. The molecule has 0 fully saturated rings. The van der Waals surface area contributed by atoms with Crippen molar-refractivity contribution in [3.8, 4) is 0 Å². The van der Waals surface area contributed by atoms with E-state index in [2.05, 4.69) is 0 Å². The van der Waals surface area contributed by atoms with Crippen LogP contribution in [0.15, 0.2) is 0 Å². The van der Waals surface area contributed by atoms with Crippen LogP contribution >= 0.6 is 0 Å². The van der Waals surface area contributed by atoms with Gasteiger partial charge in [-0.2, -0.15) is 0 Å². The predicted molar refractivity (Wildman–Crippen MR) is 42.7 cm³/mol. The Kier molecular flexibility index (Phi) is 8330. The number of hydrogen-bond acceptors (Lipinski definition) is 0. The maximum absolute atomic E-state index is 0. The second-order valence-corrected chi connectivity index (χ2v) is 0. The van der Waals surface area contributed by atoms with Gasteiger partial charge in [-0.05, 0) is 0 Å². The van der Waals surface area contributed by atoms with Gasteiger partial charge in [0, 0.05) is 1080 Å². The summed E-state index contributed by atoms with van der Waals surface area (Å²) in [6, 6.07) is 0. The molecule has 0 atom stereocenters. The Morgan fingerprint density at radius 3 is 0.0294 bits per heavy atom. The summed E-state index contributed by atoms with van der Waals surface area (Å²) < 4.78 is 0. The van der Waals surface area contributed by atoms with Crippen LogP contribution in [0.1, 0.15) is 0 Å². The molecule has 0 aromatic heterocycles. The zero-order valence-corrected chi connectivity index (χ0v) is 78.3. The largest absolute Gasteiger partial charge is 0 e. The van der Waals surface area contributed by atoms with Crippen LogP contribution in [0.5, 0.6) is 0 Å². The van der Waals surface area contributed by atoms with Crippen LogP contribution in [0.25, 0.3) is 0 Å². The van der Waals surface area contributed by atoms with Crippen LogP contribution in [-0.4, -0.2) is 244 Å². The van der Waals surface area contributed by atoms with E-state index in [1.807, 2.05) is 0 Å². The molecule has 0 unspecified atom stereocenters. The number of rotatable bonds is 0. The number of hydrogen-bond donors (Lipinski definition) is 0. The summed E-state index contributed by atoms with van der Waals surface area (Å²) in [7, 11) is 0. The Morgan fingerprint density at radius 2 is 0.0294 bits per heavy atom. The van der Waals surface area contributed by atoms with E-state index >= 15 is 0 Å². The fourth-order valence-corrected chi connectivity index (χ4v) is 0. The second-order valence-electron chi connectivity index (χ2n) is 0. The summed E-state index contributed by atoms with van der Waals surface area (Å²) in [5, 5.41) is 0. The van der Waals surface area contributed by atoms with Gasteiger partial charge in [0.15, 0.2) is 0 Å². The molecule has 0 aliphatic rings. The second kappa shape index (κ2) is 742. The molecule has 0 aliphatic carbocycles. The Balaban J connectivity index is 0. The summed E-state index contributed by atoms with van der Waals surface area (Å²) in [6.45, 7) is 0. The normalized spacial score (nSPS) is 0. The summed E-state index contributed by atoms with van der Waals surface area (Å²) in [6.07, 6.45) is 0. The van der Waals surface area contributed by atoms with Crippen molar-refractivity contribution in [2.75, 3.05) is 0 Å². The first kappa shape index (κ1) is 763. The molecule has 0 aromatic carbocycles. The monoisotopic (exact) mass is 4660 g/mol. The van der Waals surface area contributed by atoms with E-state index in [1.165, 1.54) is 0 Å². The third-order valence-electron chi connectivity index (χ3n) is 0. The van der Waals surface area contributed by atoms with Crippen LogP contribution < -0.4 is 0 Å². The van der Waals surface area contributed by atoms with Gasteiger partial charge in [-0.3, -0.25) is 0 Å². The molecule has 0 amide bonds. The Morgan fingerprint density at radius 1 is 0.0294 bits per heavy atom. The molecule has 0 saturated heterocycles. The predicted octanol–water partition coefficient (Wildman–Crippen LogP) is -4.74. The molecule has 0 nitrogen and oxygen atoms in total. The summed E-state index contributed by atoms with van der Waals surface area (Å²) in [4.78, 5) is 0. The molecule has 0 bridgehead atoms. The van der Waals surface area contributed by atoms with Crippen molar-refractivity contribution in [3.63, 3.8) is 0 Å². The van der Waals surface area contributed by atoms with Gasteiger partial charge >= 0.3 is 244 Å². The summed E-state index contributed by atoms with van der Waals surface area (Å²) >= 11 is 0. The first-order chi connectivity index (χ1) is 0. The van der Waals surface area contributed by atoms with E-state index in [0.717, 1.165) is 0 Å². The summed E-state index contributed by atoms with van der Waals surface area (Å²) in [5.74, 6) is 0. The van der Waals surface area contributed by atoms with Crippen LogP contribution in [0, 0.1) is 0 Å². The molecule has 0 aliphatic heterocycles. The van der Waals surface area contributed by atoms with Crippen molar-refractivity contribution in [1.82, 2.24) is 0 Å². The molecule has 0 spiro atoms.